The maximum atomic E-state index is 5.15. The Morgan fingerprint density at radius 3 is 3.11 bits per heavy atom. The molecule has 2 aromatic rings. The summed E-state index contributed by atoms with van der Waals surface area (Å²) in [6.45, 7) is 3.43. The molecule has 2 aromatic heterocycles. The highest BCUT2D eigenvalue weighted by atomic mass is 16.5. The summed E-state index contributed by atoms with van der Waals surface area (Å²) < 4.78 is 7.12. The molecule has 6 nitrogen and oxygen atoms in total. The van der Waals surface area contributed by atoms with Crippen molar-refractivity contribution in [2.45, 2.75) is 45.3 Å². The first kappa shape index (κ1) is 11.4. The first-order valence-corrected chi connectivity index (χ1v) is 6.39. The standard InChI is InChI=1S/C12H17N5O/c1-2-11-15-12(18-16-11)7-17-6-10(14-8-17)5-13-9-3-4-9/h6,8-9,13H,2-5,7H2,1H3. The fourth-order valence-corrected chi connectivity index (χ4v) is 1.77. The number of imidazole rings is 1. The summed E-state index contributed by atoms with van der Waals surface area (Å²) in [5, 5.41) is 7.31. The topological polar surface area (TPSA) is 68.8 Å². The lowest BCUT2D eigenvalue weighted by Gasteiger charge is -1.97. The normalized spacial score (nSPS) is 15.2. The van der Waals surface area contributed by atoms with Crippen LogP contribution in [0.1, 0.15) is 37.2 Å². The molecule has 0 atom stereocenters. The molecule has 0 amide bonds. The molecule has 1 N–H and O–H groups in total. The van der Waals surface area contributed by atoms with Gasteiger partial charge in [-0.3, -0.25) is 0 Å². The van der Waals surface area contributed by atoms with Gasteiger partial charge in [0.2, 0.25) is 5.89 Å². The van der Waals surface area contributed by atoms with Gasteiger partial charge in [-0.25, -0.2) is 4.98 Å². The van der Waals surface area contributed by atoms with Crippen LogP contribution < -0.4 is 5.32 Å². The molecule has 0 saturated heterocycles. The molecule has 0 aromatic carbocycles. The predicted octanol–water partition coefficient (Wildman–Crippen LogP) is 1.13. The lowest BCUT2D eigenvalue weighted by atomic mass is 10.4. The molecule has 0 unspecified atom stereocenters. The Labute approximate surface area is 105 Å². The minimum atomic E-state index is 0.587. The van der Waals surface area contributed by atoms with Crippen LogP contribution in [0.25, 0.3) is 0 Å². The van der Waals surface area contributed by atoms with Gasteiger partial charge in [-0.15, -0.1) is 0 Å². The number of aryl methyl sites for hydroxylation is 1. The molecule has 1 saturated carbocycles. The van der Waals surface area contributed by atoms with Crippen molar-refractivity contribution in [1.29, 1.82) is 0 Å². The van der Waals surface area contributed by atoms with E-state index >= 15 is 0 Å². The second-order valence-electron chi connectivity index (χ2n) is 4.65. The number of hydrogen-bond acceptors (Lipinski definition) is 5. The van der Waals surface area contributed by atoms with Crippen LogP contribution in [-0.4, -0.2) is 25.7 Å². The van der Waals surface area contributed by atoms with Gasteiger partial charge in [0.05, 0.1) is 12.0 Å². The Morgan fingerprint density at radius 1 is 1.50 bits per heavy atom. The Kier molecular flexibility index (Phi) is 3.10. The molecule has 0 radical (unpaired) electrons. The predicted molar refractivity (Wildman–Crippen MR) is 64.9 cm³/mol. The van der Waals surface area contributed by atoms with E-state index in [9.17, 15) is 0 Å². The lowest BCUT2D eigenvalue weighted by Crippen LogP contribution is -2.15. The smallest absolute Gasteiger partial charge is 0.246 e. The summed E-state index contributed by atoms with van der Waals surface area (Å²) >= 11 is 0. The van der Waals surface area contributed by atoms with Gasteiger partial charge in [0.1, 0.15) is 6.54 Å². The van der Waals surface area contributed by atoms with E-state index in [0.29, 0.717) is 18.5 Å². The van der Waals surface area contributed by atoms with Crippen molar-refractivity contribution in [2.24, 2.45) is 0 Å². The van der Waals surface area contributed by atoms with Crippen LogP contribution in [0.15, 0.2) is 17.0 Å². The molecule has 0 bridgehead atoms. The number of nitrogens with one attached hydrogen (secondary N) is 1. The molecular formula is C12H17N5O. The Morgan fingerprint density at radius 2 is 2.39 bits per heavy atom. The fourth-order valence-electron chi connectivity index (χ4n) is 1.77. The van der Waals surface area contributed by atoms with Crippen LogP contribution in [0.3, 0.4) is 0 Å². The zero-order valence-electron chi connectivity index (χ0n) is 10.5. The van der Waals surface area contributed by atoms with Gasteiger partial charge in [0, 0.05) is 25.2 Å². The highest BCUT2D eigenvalue weighted by molar-refractivity contribution is 4.99. The van der Waals surface area contributed by atoms with Crippen molar-refractivity contribution in [3.05, 3.63) is 29.9 Å². The molecular weight excluding hydrogens is 230 g/mol. The first-order valence-electron chi connectivity index (χ1n) is 6.39. The van der Waals surface area contributed by atoms with Gasteiger partial charge in [0.15, 0.2) is 5.82 Å². The van der Waals surface area contributed by atoms with Crippen molar-refractivity contribution in [3.63, 3.8) is 0 Å². The average Bonchev–Trinajstić information content (AvgIpc) is 2.93. The van der Waals surface area contributed by atoms with Gasteiger partial charge < -0.3 is 14.4 Å². The van der Waals surface area contributed by atoms with Gasteiger partial charge in [-0.2, -0.15) is 4.98 Å². The third-order valence-corrected chi connectivity index (χ3v) is 2.98. The van der Waals surface area contributed by atoms with Gasteiger partial charge >= 0.3 is 0 Å². The summed E-state index contributed by atoms with van der Waals surface area (Å²) in [7, 11) is 0. The van der Waals surface area contributed by atoms with Gasteiger partial charge in [-0.05, 0) is 12.8 Å². The molecule has 2 heterocycles. The minimum Gasteiger partial charge on any atom is -0.337 e. The Bertz CT molecular complexity index is 514. The molecule has 96 valence electrons. The molecule has 0 aliphatic heterocycles. The van der Waals surface area contributed by atoms with E-state index in [2.05, 4.69) is 20.4 Å². The quantitative estimate of drug-likeness (QED) is 0.828. The van der Waals surface area contributed by atoms with E-state index in [1.54, 1.807) is 6.33 Å². The first-order chi connectivity index (χ1) is 8.83. The second-order valence-corrected chi connectivity index (χ2v) is 4.65. The highest BCUT2D eigenvalue weighted by Crippen LogP contribution is 2.19. The molecule has 1 aliphatic rings. The van der Waals surface area contributed by atoms with E-state index in [1.165, 1.54) is 12.8 Å². The molecule has 18 heavy (non-hydrogen) atoms. The van der Waals surface area contributed by atoms with Crippen LogP contribution >= 0.6 is 0 Å². The fraction of sp³-hybridized carbons (Fsp3) is 0.583. The van der Waals surface area contributed by atoms with Crippen LogP contribution in [0.2, 0.25) is 0 Å². The summed E-state index contributed by atoms with van der Waals surface area (Å²) in [5.41, 5.74) is 1.05. The average molecular weight is 247 g/mol. The van der Waals surface area contributed by atoms with Crippen molar-refractivity contribution >= 4 is 0 Å². The number of nitrogens with zero attached hydrogens (tertiary/aromatic N) is 4. The number of aromatic nitrogens is 4. The van der Waals surface area contributed by atoms with Crippen LogP contribution in [0.5, 0.6) is 0 Å². The number of rotatable bonds is 6. The monoisotopic (exact) mass is 247 g/mol. The van der Waals surface area contributed by atoms with E-state index in [-0.39, 0.29) is 0 Å². The molecule has 1 fully saturated rings. The molecule has 0 spiro atoms. The van der Waals surface area contributed by atoms with Gasteiger partial charge in [-0.1, -0.05) is 12.1 Å². The van der Waals surface area contributed by atoms with E-state index in [4.69, 9.17) is 4.52 Å². The number of hydrogen-bond donors (Lipinski definition) is 1. The second kappa shape index (κ2) is 4.89. The third-order valence-electron chi connectivity index (χ3n) is 2.98. The minimum absolute atomic E-state index is 0.587. The maximum absolute atomic E-state index is 5.15. The van der Waals surface area contributed by atoms with Crippen molar-refractivity contribution in [1.82, 2.24) is 25.0 Å². The van der Waals surface area contributed by atoms with Crippen LogP contribution in [-0.2, 0) is 19.5 Å². The van der Waals surface area contributed by atoms with E-state index < -0.39 is 0 Å². The summed E-state index contributed by atoms with van der Waals surface area (Å²) in [6, 6.07) is 0.707. The molecule has 1 aliphatic carbocycles. The van der Waals surface area contributed by atoms with Crippen molar-refractivity contribution in [3.8, 4) is 0 Å². The summed E-state index contributed by atoms with van der Waals surface area (Å²) in [5.74, 6) is 1.38. The third kappa shape index (κ3) is 2.76. The SMILES string of the molecule is CCc1noc(Cn2cnc(CNC3CC3)c2)n1. The van der Waals surface area contributed by atoms with E-state index in [1.807, 2.05) is 17.7 Å². The Balaban J connectivity index is 1.58. The Hall–Kier alpha value is -1.69. The van der Waals surface area contributed by atoms with Crippen LogP contribution in [0, 0.1) is 0 Å². The van der Waals surface area contributed by atoms with E-state index in [0.717, 1.165) is 24.5 Å². The highest BCUT2D eigenvalue weighted by Gasteiger charge is 2.20. The zero-order valence-corrected chi connectivity index (χ0v) is 10.5. The lowest BCUT2D eigenvalue weighted by molar-refractivity contribution is 0.366. The summed E-state index contributed by atoms with van der Waals surface area (Å²) in [6.07, 6.45) is 7.21. The molecule has 6 heteroatoms. The molecule has 3 rings (SSSR count). The van der Waals surface area contributed by atoms with Crippen molar-refractivity contribution < 1.29 is 4.52 Å². The largest absolute Gasteiger partial charge is 0.337 e. The van der Waals surface area contributed by atoms with Crippen LogP contribution in [0.4, 0.5) is 0 Å². The summed E-state index contributed by atoms with van der Waals surface area (Å²) in [4.78, 5) is 8.63. The maximum Gasteiger partial charge on any atom is 0.246 e. The van der Waals surface area contributed by atoms with Gasteiger partial charge in [0.25, 0.3) is 0 Å². The van der Waals surface area contributed by atoms with Crippen molar-refractivity contribution in [2.75, 3.05) is 0 Å². The zero-order chi connectivity index (χ0) is 12.4.